The summed E-state index contributed by atoms with van der Waals surface area (Å²) < 4.78 is 0. The predicted octanol–water partition coefficient (Wildman–Crippen LogP) is 1.80. The third-order valence-electron chi connectivity index (χ3n) is 3.59. The molecule has 0 saturated carbocycles. The van der Waals surface area contributed by atoms with Gasteiger partial charge in [-0.25, -0.2) is 4.79 Å². The maximum absolute atomic E-state index is 12.2. The second-order valence-corrected chi connectivity index (χ2v) is 4.76. The van der Waals surface area contributed by atoms with Gasteiger partial charge in [0.1, 0.15) is 6.54 Å². The Kier molecular flexibility index (Phi) is 4.61. The number of carbonyl (C=O) groups excluding carboxylic acids is 2. The Morgan fingerprint density at radius 1 is 1.15 bits per heavy atom. The van der Waals surface area contributed by atoms with Gasteiger partial charge in [0.15, 0.2) is 0 Å². The highest BCUT2D eigenvalue weighted by Crippen LogP contribution is 2.17. The van der Waals surface area contributed by atoms with Crippen molar-refractivity contribution in [3.63, 3.8) is 0 Å². The number of hydrogen-bond acceptors (Lipinski definition) is 2. The lowest BCUT2D eigenvalue weighted by molar-refractivity contribution is -0.120. The zero-order valence-corrected chi connectivity index (χ0v) is 12.1. The predicted molar refractivity (Wildman–Crippen MR) is 78.7 cm³/mol. The lowest BCUT2D eigenvalue weighted by atomic mass is 10.2. The van der Waals surface area contributed by atoms with Crippen LogP contribution in [0.4, 0.5) is 10.5 Å². The molecule has 1 aliphatic heterocycles. The second kappa shape index (κ2) is 6.41. The van der Waals surface area contributed by atoms with Gasteiger partial charge in [-0.1, -0.05) is 18.2 Å². The van der Waals surface area contributed by atoms with Crippen LogP contribution >= 0.6 is 0 Å². The summed E-state index contributed by atoms with van der Waals surface area (Å²) in [5.74, 6) is -0.0250. The summed E-state index contributed by atoms with van der Waals surface area (Å²) in [4.78, 5) is 29.6. The molecule has 108 valence electrons. The molecule has 0 aliphatic carbocycles. The summed E-state index contributed by atoms with van der Waals surface area (Å²) in [6, 6.07) is 9.54. The van der Waals surface area contributed by atoms with Gasteiger partial charge >= 0.3 is 6.03 Å². The Balaban J connectivity index is 2.02. The Morgan fingerprint density at radius 3 is 2.35 bits per heavy atom. The van der Waals surface area contributed by atoms with E-state index in [4.69, 9.17) is 0 Å². The third kappa shape index (κ3) is 2.92. The molecule has 0 N–H and O–H groups in total. The molecular weight excluding hydrogens is 254 g/mol. The highest BCUT2D eigenvalue weighted by Gasteiger charge is 2.29. The minimum atomic E-state index is -0.0453. The fraction of sp³-hybridized carbons (Fsp3) is 0.467. The number of rotatable bonds is 3. The van der Waals surface area contributed by atoms with Gasteiger partial charge in [-0.05, 0) is 26.0 Å². The minimum Gasteiger partial charge on any atom is -0.325 e. The fourth-order valence-electron chi connectivity index (χ4n) is 2.41. The van der Waals surface area contributed by atoms with Crippen LogP contribution in [0.1, 0.15) is 13.8 Å². The number of hydrogen-bond donors (Lipinski definition) is 0. The Bertz CT molecular complexity index is 471. The standard InChI is InChI=1S/C15H21N3O2/c1-3-16(4-2)15(20)17-10-11-18(14(19)12-17)13-8-6-5-7-9-13/h5-9H,3-4,10-12H2,1-2H3. The van der Waals surface area contributed by atoms with E-state index in [9.17, 15) is 9.59 Å². The largest absolute Gasteiger partial charge is 0.325 e. The van der Waals surface area contributed by atoms with Crippen LogP contribution in [0.5, 0.6) is 0 Å². The van der Waals surface area contributed by atoms with Crippen molar-refractivity contribution in [3.05, 3.63) is 30.3 Å². The summed E-state index contributed by atoms with van der Waals surface area (Å²) in [6.45, 7) is 6.52. The van der Waals surface area contributed by atoms with Crippen molar-refractivity contribution in [1.82, 2.24) is 9.80 Å². The van der Waals surface area contributed by atoms with E-state index in [1.54, 1.807) is 14.7 Å². The molecule has 5 heteroatoms. The highest BCUT2D eigenvalue weighted by molar-refractivity contribution is 5.97. The summed E-state index contributed by atoms with van der Waals surface area (Å²) in [6.07, 6.45) is 0. The van der Waals surface area contributed by atoms with Crippen LogP contribution in [0.2, 0.25) is 0 Å². The van der Waals surface area contributed by atoms with Crippen molar-refractivity contribution in [2.24, 2.45) is 0 Å². The van der Waals surface area contributed by atoms with Crippen molar-refractivity contribution >= 4 is 17.6 Å². The lowest BCUT2D eigenvalue weighted by Crippen LogP contribution is -2.55. The molecule has 2 rings (SSSR count). The van der Waals surface area contributed by atoms with E-state index in [2.05, 4.69) is 0 Å². The second-order valence-electron chi connectivity index (χ2n) is 4.76. The molecule has 0 radical (unpaired) electrons. The van der Waals surface area contributed by atoms with Crippen LogP contribution in [-0.2, 0) is 4.79 Å². The quantitative estimate of drug-likeness (QED) is 0.844. The van der Waals surface area contributed by atoms with E-state index in [-0.39, 0.29) is 18.5 Å². The van der Waals surface area contributed by atoms with Crippen LogP contribution in [0.3, 0.4) is 0 Å². The molecule has 0 atom stereocenters. The van der Waals surface area contributed by atoms with Crippen LogP contribution in [0.25, 0.3) is 0 Å². The highest BCUT2D eigenvalue weighted by atomic mass is 16.2. The molecule has 0 spiro atoms. The first-order chi connectivity index (χ1) is 9.67. The SMILES string of the molecule is CCN(CC)C(=O)N1CCN(c2ccccc2)C(=O)C1. The number of benzene rings is 1. The van der Waals surface area contributed by atoms with Gasteiger partial charge in [0, 0.05) is 31.9 Å². The van der Waals surface area contributed by atoms with Crippen molar-refractivity contribution in [2.75, 3.05) is 37.6 Å². The average Bonchev–Trinajstić information content (AvgIpc) is 2.49. The first-order valence-corrected chi connectivity index (χ1v) is 7.06. The maximum atomic E-state index is 12.2. The normalized spacial score (nSPS) is 15.4. The van der Waals surface area contributed by atoms with Gasteiger partial charge in [0.05, 0.1) is 0 Å². The van der Waals surface area contributed by atoms with Crippen molar-refractivity contribution < 1.29 is 9.59 Å². The molecule has 5 nitrogen and oxygen atoms in total. The van der Waals surface area contributed by atoms with E-state index in [1.165, 1.54) is 0 Å². The molecule has 1 aromatic carbocycles. The van der Waals surface area contributed by atoms with Crippen LogP contribution in [-0.4, -0.2) is 54.5 Å². The molecule has 0 bridgehead atoms. The Morgan fingerprint density at radius 2 is 1.80 bits per heavy atom. The molecule has 1 aromatic rings. The molecule has 1 aliphatic rings. The van der Waals surface area contributed by atoms with Crippen LogP contribution in [0.15, 0.2) is 30.3 Å². The zero-order chi connectivity index (χ0) is 14.5. The van der Waals surface area contributed by atoms with Gasteiger partial charge < -0.3 is 14.7 Å². The summed E-state index contributed by atoms with van der Waals surface area (Å²) in [5.41, 5.74) is 0.896. The Labute approximate surface area is 119 Å². The maximum Gasteiger partial charge on any atom is 0.320 e. The molecular formula is C15H21N3O2. The Hall–Kier alpha value is -2.04. The van der Waals surface area contributed by atoms with Gasteiger partial charge in [-0.2, -0.15) is 0 Å². The van der Waals surface area contributed by atoms with E-state index < -0.39 is 0 Å². The number of para-hydroxylation sites is 1. The fourth-order valence-corrected chi connectivity index (χ4v) is 2.41. The van der Waals surface area contributed by atoms with Gasteiger partial charge in [0.2, 0.25) is 5.91 Å². The monoisotopic (exact) mass is 275 g/mol. The third-order valence-corrected chi connectivity index (χ3v) is 3.59. The van der Waals surface area contributed by atoms with Crippen molar-refractivity contribution in [1.29, 1.82) is 0 Å². The number of urea groups is 1. The first-order valence-electron chi connectivity index (χ1n) is 7.06. The van der Waals surface area contributed by atoms with Gasteiger partial charge in [0.25, 0.3) is 0 Å². The smallest absolute Gasteiger partial charge is 0.320 e. The van der Waals surface area contributed by atoms with E-state index in [1.807, 2.05) is 44.2 Å². The molecule has 1 saturated heterocycles. The topological polar surface area (TPSA) is 43.9 Å². The van der Waals surface area contributed by atoms with Crippen molar-refractivity contribution in [2.45, 2.75) is 13.8 Å². The van der Waals surface area contributed by atoms with E-state index >= 15 is 0 Å². The van der Waals surface area contributed by atoms with Gasteiger partial charge in [-0.15, -0.1) is 0 Å². The molecule has 1 heterocycles. The molecule has 1 fully saturated rings. The number of anilines is 1. The van der Waals surface area contributed by atoms with E-state index in [0.29, 0.717) is 26.2 Å². The summed E-state index contributed by atoms with van der Waals surface area (Å²) >= 11 is 0. The molecule has 0 unspecified atom stereocenters. The molecule has 20 heavy (non-hydrogen) atoms. The summed E-state index contributed by atoms with van der Waals surface area (Å²) in [7, 11) is 0. The number of nitrogens with zero attached hydrogens (tertiary/aromatic N) is 3. The zero-order valence-electron chi connectivity index (χ0n) is 12.1. The van der Waals surface area contributed by atoms with Crippen LogP contribution in [0, 0.1) is 0 Å². The first kappa shape index (κ1) is 14.4. The molecule has 3 amide bonds. The average molecular weight is 275 g/mol. The van der Waals surface area contributed by atoms with Crippen LogP contribution < -0.4 is 4.90 Å². The number of amides is 3. The van der Waals surface area contributed by atoms with E-state index in [0.717, 1.165) is 5.69 Å². The molecule has 0 aromatic heterocycles. The number of piperazine rings is 1. The van der Waals surface area contributed by atoms with Crippen molar-refractivity contribution in [3.8, 4) is 0 Å². The number of carbonyl (C=O) groups is 2. The summed E-state index contributed by atoms with van der Waals surface area (Å²) in [5, 5.41) is 0. The minimum absolute atomic E-state index is 0.0250. The van der Waals surface area contributed by atoms with Gasteiger partial charge in [-0.3, -0.25) is 4.79 Å². The lowest BCUT2D eigenvalue weighted by Gasteiger charge is -2.36.